The average molecular weight is 263 g/mol. The minimum atomic E-state index is -0.236. The summed E-state index contributed by atoms with van der Waals surface area (Å²) in [6.07, 6.45) is 1.44. The molecule has 4 nitrogen and oxygen atoms in total. The fraction of sp³-hybridized carbons (Fsp3) is 0.467. The summed E-state index contributed by atoms with van der Waals surface area (Å²) in [4.78, 5) is 23.3. The summed E-state index contributed by atoms with van der Waals surface area (Å²) in [5.74, 6) is -0.355. The molecule has 1 rings (SSSR count). The van der Waals surface area contributed by atoms with Crippen LogP contribution in [0.15, 0.2) is 6.07 Å². The van der Waals surface area contributed by atoms with E-state index in [1.165, 1.54) is 19.9 Å². The first kappa shape index (κ1) is 15.2. The molecule has 0 amide bonds. The van der Waals surface area contributed by atoms with E-state index in [4.69, 9.17) is 0 Å². The van der Waals surface area contributed by atoms with Crippen LogP contribution in [-0.2, 0) is 6.42 Å². The maximum Gasteiger partial charge on any atom is 0.163 e. The van der Waals surface area contributed by atoms with Crippen molar-refractivity contribution in [2.24, 2.45) is 0 Å². The number of Topliss-reactive ketones (excluding diaryl/α,β-unsaturated/α-hetero) is 2. The van der Waals surface area contributed by atoms with Crippen LogP contribution in [0.3, 0.4) is 0 Å². The highest BCUT2D eigenvalue weighted by atomic mass is 16.3. The maximum atomic E-state index is 11.8. The molecule has 0 aliphatic heterocycles. The lowest BCUT2D eigenvalue weighted by Crippen LogP contribution is -2.10. The first-order valence-electron chi connectivity index (χ1n) is 6.58. The average Bonchev–Trinajstić information content (AvgIpc) is 2.33. The van der Waals surface area contributed by atoms with E-state index >= 15 is 0 Å². The Labute approximate surface area is 113 Å². The normalized spacial score (nSPS) is 10.3. The van der Waals surface area contributed by atoms with Gasteiger partial charge in [0.25, 0.3) is 0 Å². The minimum absolute atomic E-state index is 0.00435. The van der Waals surface area contributed by atoms with Gasteiger partial charge >= 0.3 is 0 Å². The summed E-state index contributed by atoms with van der Waals surface area (Å²) in [5, 5.41) is 13.4. The lowest BCUT2D eigenvalue weighted by atomic mass is 9.94. The van der Waals surface area contributed by atoms with Crippen LogP contribution in [0.4, 0.5) is 5.69 Å². The Hall–Kier alpha value is -1.84. The van der Waals surface area contributed by atoms with Crippen molar-refractivity contribution >= 4 is 17.3 Å². The van der Waals surface area contributed by atoms with Crippen molar-refractivity contribution in [1.82, 2.24) is 0 Å². The molecule has 0 unspecified atom stereocenters. The third kappa shape index (κ3) is 3.13. The molecule has 104 valence electrons. The molecule has 19 heavy (non-hydrogen) atoms. The van der Waals surface area contributed by atoms with E-state index in [9.17, 15) is 14.7 Å². The van der Waals surface area contributed by atoms with Crippen LogP contribution < -0.4 is 5.32 Å². The zero-order chi connectivity index (χ0) is 14.6. The molecule has 4 heteroatoms. The van der Waals surface area contributed by atoms with Gasteiger partial charge in [-0.1, -0.05) is 13.3 Å². The number of carbonyl (C=O) groups excluding carboxylic acids is 2. The Bertz CT molecular complexity index is 507. The molecule has 0 bridgehead atoms. The van der Waals surface area contributed by atoms with Gasteiger partial charge in [0.15, 0.2) is 11.6 Å². The fourth-order valence-corrected chi connectivity index (χ4v) is 2.15. The van der Waals surface area contributed by atoms with Crippen LogP contribution in [-0.4, -0.2) is 23.2 Å². The third-order valence-electron chi connectivity index (χ3n) is 3.01. The summed E-state index contributed by atoms with van der Waals surface area (Å²) in [6, 6.07) is 1.48. The summed E-state index contributed by atoms with van der Waals surface area (Å²) in [7, 11) is 0. The van der Waals surface area contributed by atoms with Crippen molar-refractivity contribution in [3.63, 3.8) is 0 Å². The van der Waals surface area contributed by atoms with E-state index in [2.05, 4.69) is 5.32 Å². The standard InChI is InChI=1S/C15H21NO3/c1-5-7-11-14(16-6-2)12(9(3)17)8-13(10(4)18)15(11)19/h8,16,19H,5-7H2,1-4H3. The van der Waals surface area contributed by atoms with Gasteiger partial charge in [0.1, 0.15) is 5.75 Å². The molecule has 2 N–H and O–H groups in total. The number of nitrogens with one attached hydrogen (secondary N) is 1. The van der Waals surface area contributed by atoms with Crippen molar-refractivity contribution in [3.8, 4) is 5.75 Å². The number of phenols is 1. The lowest BCUT2D eigenvalue weighted by molar-refractivity contribution is 0.101. The van der Waals surface area contributed by atoms with Crippen LogP contribution in [0.2, 0.25) is 0 Å². The van der Waals surface area contributed by atoms with Crippen molar-refractivity contribution in [1.29, 1.82) is 0 Å². The SMILES string of the molecule is CCCc1c(O)c(C(C)=O)cc(C(C)=O)c1NCC. The number of anilines is 1. The van der Waals surface area contributed by atoms with Crippen molar-refractivity contribution in [2.75, 3.05) is 11.9 Å². The van der Waals surface area contributed by atoms with Gasteiger partial charge in [0.2, 0.25) is 0 Å². The second-order valence-electron chi connectivity index (χ2n) is 4.57. The van der Waals surface area contributed by atoms with E-state index in [1.807, 2.05) is 13.8 Å². The first-order valence-corrected chi connectivity index (χ1v) is 6.58. The summed E-state index contributed by atoms with van der Waals surface area (Å²) in [6.45, 7) is 7.42. The molecule has 0 aromatic heterocycles. The number of phenolic OH excluding ortho intramolecular Hbond substituents is 1. The summed E-state index contributed by atoms with van der Waals surface area (Å²) >= 11 is 0. The largest absolute Gasteiger partial charge is 0.507 e. The number of carbonyl (C=O) groups is 2. The highest BCUT2D eigenvalue weighted by Crippen LogP contribution is 2.35. The van der Waals surface area contributed by atoms with Crippen molar-refractivity contribution in [3.05, 3.63) is 22.8 Å². The monoisotopic (exact) mass is 263 g/mol. The maximum absolute atomic E-state index is 11.8. The van der Waals surface area contributed by atoms with E-state index in [-0.39, 0.29) is 22.9 Å². The molecule has 0 radical (unpaired) electrons. The lowest BCUT2D eigenvalue weighted by Gasteiger charge is -2.18. The molecule has 0 aliphatic carbocycles. The van der Waals surface area contributed by atoms with Crippen LogP contribution >= 0.6 is 0 Å². The Morgan fingerprint density at radius 1 is 1.16 bits per heavy atom. The topological polar surface area (TPSA) is 66.4 Å². The molecular formula is C15H21NO3. The van der Waals surface area contributed by atoms with Crippen molar-refractivity contribution < 1.29 is 14.7 Å². The smallest absolute Gasteiger partial charge is 0.163 e. The molecular weight excluding hydrogens is 242 g/mol. The Balaban J connectivity index is 3.61. The minimum Gasteiger partial charge on any atom is -0.507 e. The quantitative estimate of drug-likeness (QED) is 0.773. The Kier molecular flexibility index (Phi) is 5.10. The number of hydrogen-bond acceptors (Lipinski definition) is 4. The summed E-state index contributed by atoms with van der Waals surface area (Å²) in [5.41, 5.74) is 1.99. The zero-order valence-electron chi connectivity index (χ0n) is 12.0. The first-order chi connectivity index (χ1) is 8.93. The van der Waals surface area contributed by atoms with Gasteiger partial charge in [0.05, 0.1) is 11.3 Å². The molecule has 0 heterocycles. The van der Waals surface area contributed by atoms with E-state index in [0.29, 0.717) is 29.8 Å². The number of benzene rings is 1. The van der Waals surface area contributed by atoms with E-state index in [1.54, 1.807) is 0 Å². The molecule has 1 aromatic carbocycles. The van der Waals surface area contributed by atoms with Gasteiger partial charge in [-0.3, -0.25) is 9.59 Å². The van der Waals surface area contributed by atoms with Crippen LogP contribution in [0, 0.1) is 0 Å². The van der Waals surface area contributed by atoms with Gasteiger partial charge in [-0.05, 0) is 33.3 Å². The van der Waals surface area contributed by atoms with Gasteiger partial charge in [-0.15, -0.1) is 0 Å². The molecule has 0 atom stereocenters. The molecule has 0 aliphatic rings. The van der Waals surface area contributed by atoms with Gasteiger partial charge in [0, 0.05) is 17.7 Å². The van der Waals surface area contributed by atoms with Crippen molar-refractivity contribution in [2.45, 2.75) is 40.5 Å². The van der Waals surface area contributed by atoms with Gasteiger partial charge < -0.3 is 10.4 Å². The molecule has 0 saturated heterocycles. The Morgan fingerprint density at radius 2 is 1.74 bits per heavy atom. The van der Waals surface area contributed by atoms with E-state index in [0.717, 1.165) is 6.42 Å². The predicted molar refractivity (Wildman–Crippen MR) is 76.3 cm³/mol. The second-order valence-corrected chi connectivity index (χ2v) is 4.57. The van der Waals surface area contributed by atoms with Gasteiger partial charge in [-0.2, -0.15) is 0 Å². The highest BCUT2D eigenvalue weighted by Gasteiger charge is 2.20. The number of hydrogen-bond donors (Lipinski definition) is 2. The molecule has 0 spiro atoms. The molecule has 0 fully saturated rings. The highest BCUT2D eigenvalue weighted by molar-refractivity contribution is 6.06. The Morgan fingerprint density at radius 3 is 2.16 bits per heavy atom. The summed E-state index contributed by atoms with van der Waals surface area (Å²) < 4.78 is 0. The zero-order valence-corrected chi connectivity index (χ0v) is 12.0. The van der Waals surface area contributed by atoms with Crippen LogP contribution in [0.1, 0.15) is 60.4 Å². The van der Waals surface area contributed by atoms with E-state index < -0.39 is 0 Å². The fourth-order valence-electron chi connectivity index (χ4n) is 2.15. The molecule has 1 aromatic rings. The molecule has 0 saturated carbocycles. The third-order valence-corrected chi connectivity index (χ3v) is 3.01. The van der Waals surface area contributed by atoms with Crippen LogP contribution in [0.25, 0.3) is 0 Å². The number of ketones is 2. The number of rotatable bonds is 6. The predicted octanol–water partition coefficient (Wildman–Crippen LogP) is 3.18. The van der Waals surface area contributed by atoms with Crippen LogP contribution in [0.5, 0.6) is 5.75 Å². The van der Waals surface area contributed by atoms with Gasteiger partial charge in [-0.25, -0.2) is 0 Å². The number of aromatic hydroxyl groups is 1. The second kappa shape index (κ2) is 6.36.